The molecule has 1 atom stereocenters. The molecule has 1 aromatic heterocycles. The molecule has 2 aliphatic rings. The summed E-state index contributed by atoms with van der Waals surface area (Å²) in [6.45, 7) is 14.1. The summed E-state index contributed by atoms with van der Waals surface area (Å²) in [6.07, 6.45) is 2.33. The first-order chi connectivity index (χ1) is 18.3. The largest absolute Gasteiger partial charge is 0.503 e. The monoisotopic (exact) mass is 541 g/mol. The Bertz CT molecular complexity index is 1220. The maximum absolute atomic E-state index is 13.8. The number of ether oxygens (including phenoxy) is 3. The van der Waals surface area contributed by atoms with Crippen molar-refractivity contribution in [2.75, 3.05) is 52.6 Å². The van der Waals surface area contributed by atoms with Crippen LogP contribution >= 0.6 is 11.3 Å². The predicted octanol–water partition coefficient (Wildman–Crippen LogP) is 4.02. The first-order valence-electron chi connectivity index (χ1n) is 12.9. The number of morpholine rings is 1. The maximum atomic E-state index is 13.8. The number of aliphatic hydroxyl groups excluding tert-OH is 1. The summed E-state index contributed by atoms with van der Waals surface area (Å²) in [5, 5.41) is 11.8. The predicted molar refractivity (Wildman–Crippen MR) is 145 cm³/mol. The number of aromatic nitrogens is 1. The van der Waals surface area contributed by atoms with Gasteiger partial charge >= 0.3 is 0 Å². The fraction of sp³-hybridized carbons (Fsp3) is 0.464. The number of carbonyl (C=O) groups excluding carboxylic acids is 2. The zero-order chi connectivity index (χ0) is 27.2. The number of rotatable bonds is 12. The Hall–Kier alpha value is -3.21. The van der Waals surface area contributed by atoms with E-state index in [2.05, 4.69) is 16.5 Å². The van der Waals surface area contributed by atoms with Gasteiger partial charge in [-0.1, -0.05) is 18.7 Å². The Morgan fingerprint density at radius 1 is 1.24 bits per heavy atom. The standard InChI is InChI=1S/C28H35N3O6S/c1-5-14-37-21-9-8-20(17-22(21)36-6-2)24-23(25(32)27-18(3)29-19(4)38-27)26(33)28(34)31(24)11-7-10-30-12-15-35-16-13-30/h5,8-9,17,24,33H,1,6-7,10-16H2,2-4H3. The number of ketones is 1. The Balaban J connectivity index is 1.70. The minimum absolute atomic E-state index is 0.0651. The summed E-state index contributed by atoms with van der Waals surface area (Å²) in [7, 11) is 0. The van der Waals surface area contributed by atoms with Crippen LogP contribution < -0.4 is 9.47 Å². The van der Waals surface area contributed by atoms with Crippen LogP contribution in [0.3, 0.4) is 0 Å². The normalized spacial score (nSPS) is 18.2. The average molecular weight is 542 g/mol. The van der Waals surface area contributed by atoms with Crippen LogP contribution in [0.1, 0.15) is 45.3 Å². The number of thiazole rings is 1. The highest BCUT2D eigenvalue weighted by molar-refractivity contribution is 7.14. The van der Waals surface area contributed by atoms with E-state index in [-0.39, 0.29) is 11.4 Å². The molecule has 1 unspecified atom stereocenters. The summed E-state index contributed by atoms with van der Waals surface area (Å²) >= 11 is 1.26. The van der Waals surface area contributed by atoms with E-state index >= 15 is 0 Å². The van der Waals surface area contributed by atoms with Gasteiger partial charge < -0.3 is 24.2 Å². The van der Waals surface area contributed by atoms with Crippen LogP contribution in [0.25, 0.3) is 0 Å². The van der Waals surface area contributed by atoms with Crippen LogP contribution in [0.15, 0.2) is 42.2 Å². The van der Waals surface area contributed by atoms with E-state index in [9.17, 15) is 14.7 Å². The van der Waals surface area contributed by atoms with Gasteiger partial charge in [0.25, 0.3) is 5.91 Å². The zero-order valence-electron chi connectivity index (χ0n) is 22.2. The number of carbonyl (C=O) groups is 2. The van der Waals surface area contributed by atoms with Gasteiger partial charge in [-0.05, 0) is 44.9 Å². The molecule has 2 aliphatic heterocycles. The van der Waals surface area contributed by atoms with Crippen molar-refractivity contribution in [1.29, 1.82) is 0 Å². The van der Waals surface area contributed by atoms with Gasteiger partial charge in [-0.15, -0.1) is 11.3 Å². The third-order valence-corrected chi connectivity index (χ3v) is 7.65. The maximum Gasteiger partial charge on any atom is 0.290 e. The average Bonchev–Trinajstić information content (AvgIpc) is 3.38. The van der Waals surface area contributed by atoms with Crippen molar-refractivity contribution in [2.45, 2.75) is 33.2 Å². The molecule has 2 aromatic rings. The lowest BCUT2D eigenvalue weighted by Gasteiger charge is -2.30. The van der Waals surface area contributed by atoms with Gasteiger partial charge in [0, 0.05) is 26.2 Å². The van der Waals surface area contributed by atoms with Gasteiger partial charge in [0.05, 0.1) is 47.0 Å². The van der Waals surface area contributed by atoms with Gasteiger partial charge in [-0.25, -0.2) is 4.98 Å². The number of Topliss-reactive ketones (excluding diaryl/α,β-unsaturated/α-hetero) is 1. The molecule has 1 N–H and O–H groups in total. The molecule has 1 fully saturated rings. The highest BCUT2D eigenvalue weighted by Crippen LogP contribution is 2.42. The molecule has 9 nitrogen and oxygen atoms in total. The molecule has 0 spiro atoms. The zero-order valence-corrected chi connectivity index (χ0v) is 23.0. The van der Waals surface area contributed by atoms with Gasteiger partial charge in [-0.2, -0.15) is 0 Å². The first-order valence-corrected chi connectivity index (χ1v) is 13.7. The molecule has 0 bridgehead atoms. The molecule has 0 aliphatic carbocycles. The van der Waals surface area contributed by atoms with Crippen LogP contribution in [0.2, 0.25) is 0 Å². The van der Waals surface area contributed by atoms with E-state index in [0.717, 1.165) is 24.6 Å². The van der Waals surface area contributed by atoms with Crippen molar-refractivity contribution in [2.24, 2.45) is 0 Å². The van der Waals surface area contributed by atoms with Crippen molar-refractivity contribution in [3.8, 4) is 11.5 Å². The van der Waals surface area contributed by atoms with E-state index in [1.54, 1.807) is 30.0 Å². The van der Waals surface area contributed by atoms with Gasteiger partial charge in [0.15, 0.2) is 17.3 Å². The Morgan fingerprint density at radius 2 is 2.00 bits per heavy atom. The minimum atomic E-state index is -0.769. The summed E-state index contributed by atoms with van der Waals surface area (Å²) in [6, 6.07) is 4.59. The summed E-state index contributed by atoms with van der Waals surface area (Å²) in [5.41, 5.74) is 1.30. The molecule has 38 heavy (non-hydrogen) atoms. The highest BCUT2D eigenvalue weighted by Gasteiger charge is 2.44. The molecule has 1 aromatic carbocycles. The first kappa shape index (κ1) is 27.8. The molecular formula is C28H35N3O6S. The van der Waals surface area contributed by atoms with Gasteiger partial charge in [0.1, 0.15) is 6.61 Å². The van der Waals surface area contributed by atoms with Gasteiger partial charge in [-0.3, -0.25) is 14.5 Å². The number of hydrogen-bond acceptors (Lipinski definition) is 9. The van der Waals surface area contributed by atoms with E-state index < -0.39 is 17.7 Å². The van der Waals surface area contributed by atoms with Crippen molar-refractivity contribution < 1.29 is 28.9 Å². The molecule has 0 radical (unpaired) electrons. The van der Waals surface area contributed by atoms with Crippen LogP contribution in [0, 0.1) is 13.8 Å². The minimum Gasteiger partial charge on any atom is -0.503 e. The van der Waals surface area contributed by atoms with Crippen molar-refractivity contribution in [3.63, 3.8) is 0 Å². The van der Waals surface area contributed by atoms with Crippen LogP contribution in [0.4, 0.5) is 0 Å². The highest BCUT2D eigenvalue weighted by atomic mass is 32.1. The van der Waals surface area contributed by atoms with Crippen LogP contribution in [0.5, 0.6) is 11.5 Å². The van der Waals surface area contributed by atoms with Crippen LogP contribution in [-0.2, 0) is 9.53 Å². The Kier molecular flexibility index (Phi) is 9.19. The third-order valence-electron chi connectivity index (χ3n) is 6.58. The molecule has 3 heterocycles. The number of aryl methyl sites for hydroxylation is 2. The Labute approximate surface area is 227 Å². The lowest BCUT2D eigenvalue weighted by Crippen LogP contribution is -2.39. The second-order valence-electron chi connectivity index (χ2n) is 9.19. The fourth-order valence-electron chi connectivity index (χ4n) is 4.85. The quantitative estimate of drug-likeness (QED) is 0.318. The number of nitrogens with zero attached hydrogens (tertiary/aromatic N) is 3. The third kappa shape index (κ3) is 5.92. The van der Waals surface area contributed by atoms with Crippen molar-refractivity contribution in [1.82, 2.24) is 14.8 Å². The summed E-state index contributed by atoms with van der Waals surface area (Å²) in [5.74, 6) is -0.417. The van der Waals surface area contributed by atoms with E-state index in [4.69, 9.17) is 14.2 Å². The second kappa shape index (κ2) is 12.6. The second-order valence-corrected chi connectivity index (χ2v) is 10.4. The molecule has 10 heteroatoms. The molecule has 4 rings (SSSR count). The fourth-order valence-corrected chi connectivity index (χ4v) is 5.72. The smallest absolute Gasteiger partial charge is 0.290 e. The van der Waals surface area contributed by atoms with E-state index in [1.165, 1.54) is 11.3 Å². The van der Waals surface area contributed by atoms with E-state index in [0.29, 0.717) is 67.0 Å². The molecule has 0 saturated carbocycles. The summed E-state index contributed by atoms with van der Waals surface area (Å²) < 4.78 is 17.0. The number of amides is 1. The van der Waals surface area contributed by atoms with E-state index in [1.807, 2.05) is 19.9 Å². The lowest BCUT2D eigenvalue weighted by molar-refractivity contribution is -0.129. The molecular weight excluding hydrogens is 506 g/mol. The van der Waals surface area contributed by atoms with Gasteiger partial charge in [0.2, 0.25) is 5.78 Å². The number of aliphatic hydroxyl groups is 1. The lowest BCUT2D eigenvalue weighted by atomic mass is 9.94. The molecule has 1 amide bonds. The van der Waals surface area contributed by atoms with Crippen LogP contribution in [-0.4, -0.2) is 84.2 Å². The summed E-state index contributed by atoms with van der Waals surface area (Å²) in [4.78, 5) is 35.9. The SMILES string of the molecule is C=CCOc1ccc(C2C(C(=O)c3sc(C)nc3C)=C(O)C(=O)N2CCCN2CCOCC2)cc1OCC. The Morgan fingerprint density at radius 3 is 2.66 bits per heavy atom. The number of benzene rings is 1. The molecule has 1 saturated heterocycles. The molecule has 204 valence electrons. The number of hydrogen-bond donors (Lipinski definition) is 1. The topological polar surface area (TPSA) is 101 Å². The van der Waals surface area contributed by atoms with Crippen molar-refractivity contribution >= 4 is 23.0 Å². The van der Waals surface area contributed by atoms with Crippen molar-refractivity contribution in [3.05, 3.63) is 63.3 Å².